The van der Waals surface area contributed by atoms with E-state index in [1.165, 1.54) is 55.4 Å². The molecular formula is C16H30N4O5. The summed E-state index contributed by atoms with van der Waals surface area (Å²) in [6.45, 7) is 11.5. The van der Waals surface area contributed by atoms with Crippen LogP contribution in [0.1, 0.15) is 55.4 Å². The summed E-state index contributed by atoms with van der Waals surface area (Å²) in [6, 6.07) is 0. The van der Waals surface area contributed by atoms with Gasteiger partial charge >= 0.3 is 5.97 Å². The average molecular weight is 358 g/mol. The topological polar surface area (TPSA) is 151 Å². The predicted molar refractivity (Wildman–Crippen MR) is 92.6 cm³/mol. The van der Waals surface area contributed by atoms with Crippen LogP contribution in [0.3, 0.4) is 0 Å². The fraction of sp³-hybridized carbons (Fsp3) is 0.750. The maximum absolute atomic E-state index is 12.5. The molecule has 9 nitrogen and oxygen atoms in total. The summed E-state index contributed by atoms with van der Waals surface area (Å²) in [4.78, 5) is 47.9. The van der Waals surface area contributed by atoms with E-state index >= 15 is 0 Å². The van der Waals surface area contributed by atoms with Gasteiger partial charge in [-0.3, -0.25) is 14.4 Å². The molecule has 0 bridgehead atoms. The third-order valence-electron chi connectivity index (χ3n) is 3.53. The van der Waals surface area contributed by atoms with Gasteiger partial charge in [-0.1, -0.05) is 0 Å². The smallest absolute Gasteiger partial charge is 0.328 e. The Morgan fingerprint density at radius 3 is 1.20 bits per heavy atom. The molecule has 0 heterocycles. The number of amides is 3. The van der Waals surface area contributed by atoms with Crippen molar-refractivity contribution in [3.63, 3.8) is 0 Å². The van der Waals surface area contributed by atoms with Crippen LogP contribution in [-0.2, 0) is 19.2 Å². The van der Waals surface area contributed by atoms with Crippen molar-refractivity contribution < 1.29 is 24.3 Å². The first-order valence-electron chi connectivity index (χ1n) is 7.83. The summed E-state index contributed by atoms with van der Waals surface area (Å²) in [5.74, 6) is -3.02. The zero-order chi connectivity index (χ0) is 20.4. The van der Waals surface area contributed by atoms with Crippen LogP contribution in [-0.4, -0.2) is 51.0 Å². The van der Waals surface area contributed by atoms with Gasteiger partial charge in [0.15, 0.2) is 0 Å². The Labute approximate surface area is 148 Å². The highest BCUT2D eigenvalue weighted by Gasteiger charge is 2.40. The molecule has 6 N–H and O–H groups in total. The molecule has 0 aliphatic rings. The fourth-order valence-corrected chi connectivity index (χ4v) is 1.49. The number of nitrogens with two attached hydrogens (primary N) is 1. The number of carboxylic acid groups (broad SMARTS) is 1. The Morgan fingerprint density at radius 1 is 0.640 bits per heavy atom. The summed E-state index contributed by atoms with van der Waals surface area (Å²) in [6.07, 6.45) is 0. The molecule has 3 amide bonds. The molecule has 0 aliphatic heterocycles. The van der Waals surface area contributed by atoms with E-state index in [0.717, 1.165) is 0 Å². The van der Waals surface area contributed by atoms with Gasteiger partial charge in [0.25, 0.3) is 0 Å². The summed E-state index contributed by atoms with van der Waals surface area (Å²) in [5.41, 5.74) is 0.307. The van der Waals surface area contributed by atoms with Gasteiger partial charge in [0, 0.05) is 0 Å². The van der Waals surface area contributed by atoms with Crippen LogP contribution >= 0.6 is 0 Å². The van der Waals surface area contributed by atoms with Gasteiger partial charge in [-0.25, -0.2) is 4.79 Å². The molecule has 0 atom stereocenters. The van der Waals surface area contributed by atoms with Gasteiger partial charge in [0.1, 0.15) is 16.6 Å². The number of hydrogen-bond acceptors (Lipinski definition) is 5. The van der Waals surface area contributed by atoms with Crippen LogP contribution < -0.4 is 21.7 Å². The lowest BCUT2D eigenvalue weighted by atomic mass is 9.96. The number of nitrogens with one attached hydrogen (secondary N) is 3. The van der Waals surface area contributed by atoms with Gasteiger partial charge in [0.2, 0.25) is 17.7 Å². The van der Waals surface area contributed by atoms with E-state index in [1.54, 1.807) is 0 Å². The van der Waals surface area contributed by atoms with Crippen LogP contribution in [0.15, 0.2) is 0 Å². The number of aliphatic carboxylic acids is 1. The standard InChI is InChI=1S/C16H30N4O5/c1-13(2,17)9(21)18-14(3,4)10(22)19-15(5,6)11(23)20-16(7,8)12(24)25/h17H2,1-8H3,(H,18,21)(H,19,22)(H,20,23)(H,24,25). The van der Waals surface area contributed by atoms with Crippen molar-refractivity contribution in [1.29, 1.82) is 0 Å². The molecule has 25 heavy (non-hydrogen) atoms. The SMILES string of the molecule is CC(C)(N)C(=O)NC(C)(C)C(=O)NC(C)(C)C(=O)NC(C)(C)C(=O)O. The van der Waals surface area contributed by atoms with Crippen LogP contribution in [0.2, 0.25) is 0 Å². The van der Waals surface area contributed by atoms with Crippen molar-refractivity contribution in [2.24, 2.45) is 5.73 Å². The molecule has 144 valence electrons. The van der Waals surface area contributed by atoms with Gasteiger partial charge in [-0.05, 0) is 55.4 Å². The minimum absolute atomic E-state index is 0.526. The normalized spacial score (nSPS) is 13.0. The number of carboxylic acids is 1. The third-order valence-corrected chi connectivity index (χ3v) is 3.53. The van der Waals surface area contributed by atoms with Crippen molar-refractivity contribution in [2.75, 3.05) is 0 Å². The van der Waals surface area contributed by atoms with Crippen molar-refractivity contribution in [1.82, 2.24) is 16.0 Å². The highest BCUT2D eigenvalue weighted by atomic mass is 16.4. The lowest BCUT2D eigenvalue weighted by Crippen LogP contribution is -2.66. The lowest BCUT2D eigenvalue weighted by molar-refractivity contribution is -0.147. The zero-order valence-corrected chi connectivity index (χ0v) is 16.2. The molecule has 0 rings (SSSR count). The molecule has 0 saturated heterocycles. The van der Waals surface area contributed by atoms with Gasteiger partial charge < -0.3 is 26.8 Å². The molecule has 0 radical (unpaired) electrons. The van der Waals surface area contributed by atoms with Gasteiger partial charge in [-0.15, -0.1) is 0 Å². The summed E-state index contributed by atoms with van der Waals surface area (Å²) in [5, 5.41) is 16.5. The Hall–Kier alpha value is -2.16. The highest BCUT2D eigenvalue weighted by Crippen LogP contribution is 2.12. The van der Waals surface area contributed by atoms with Crippen molar-refractivity contribution in [3.8, 4) is 0 Å². The second-order valence-corrected chi connectivity index (χ2v) is 8.26. The molecule has 0 saturated carbocycles. The summed E-state index contributed by atoms with van der Waals surface area (Å²) in [7, 11) is 0. The minimum atomic E-state index is -1.49. The Bertz CT molecular complexity index is 574. The fourth-order valence-electron chi connectivity index (χ4n) is 1.49. The van der Waals surface area contributed by atoms with E-state index in [1.807, 2.05) is 0 Å². The summed E-state index contributed by atoms with van der Waals surface area (Å²) < 4.78 is 0. The predicted octanol–water partition coefficient (Wildman–Crippen LogP) is -0.507. The first kappa shape index (κ1) is 22.8. The van der Waals surface area contributed by atoms with Gasteiger partial charge in [-0.2, -0.15) is 0 Å². The largest absolute Gasteiger partial charge is 0.480 e. The van der Waals surface area contributed by atoms with Crippen molar-refractivity contribution in [2.45, 2.75) is 77.5 Å². The number of rotatable bonds is 7. The zero-order valence-electron chi connectivity index (χ0n) is 16.2. The Kier molecular flexibility index (Phi) is 6.39. The van der Waals surface area contributed by atoms with E-state index in [4.69, 9.17) is 10.8 Å². The number of carbonyl (C=O) groups is 4. The number of hydrogen-bond donors (Lipinski definition) is 5. The molecule has 0 aromatic rings. The van der Waals surface area contributed by atoms with E-state index < -0.39 is 45.8 Å². The molecule has 0 unspecified atom stereocenters. The van der Waals surface area contributed by atoms with Crippen molar-refractivity contribution in [3.05, 3.63) is 0 Å². The second kappa shape index (κ2) is 6.99. The maximum Gasteiger partial charge on any atom is 0.328 e. The molecule has 0 spiro atoms. The molecular weight excluding hydrogens is 328 g/mol. The van der Waals surface area contributed by atoms with E-state index in [-0.39, 0.29) is 0 Å². The van der Waals surface area contributed by atoms with Gasteiger partial charge in [0.05, 0.1) is 5.54 Å². The minimum Gasteiger partial charge on any atom is -0.480 e. The van der Waals surface area contributed by atoms with Crippen molar-refractivity contribution >= 4 is 23.7 Å². The van der Waals surface area contributed by atoms with Crippen LogP contribution in [0.5, 0.6) is 0 Å². The third kappa shape index (κ3) is 6.33. The molecule has 9 heteroatoms. The van der Waals surface area contributed by atoms with E-state index in [9.17, 15) is 19.2 Å². The molecule has 0 aromatic heterocycles. The monoisotopic (exact) mass is 358 g/mol. The highest BCUT2D eigenvalue weighted by molar-refractivity contribution is 5.98. The van der Waals surface area contributed by atoms with Crippen LogP contribution in [0, 0.1) is 0 Å². The second-order valence-electron chi connectivity index (χ2n) is 8.26. The first-order valence-corrected chi connectivity index (χ1v) is 7.83. The van der Waals surface area contributed by atoms with Crippen LogP contribution in [0.25, 0.3) is 0 Å². The Balaban J connectivity index is 5.15. The first-order chi connectivity index (χ1) is 10.8. The van der Waals surface area contributed by atoms with Crippen LogP contribution in [0.4, 0.5) is 0 Å². The maximum atomic E-state index is 12.5. The summed E-state index contributed by atoms with van der Waals surface area (Å²) >= 11 is 0. The molecule has 0 fully saturated rings. The molecule has 0 aromatic carbocycles. The number of carbonyl (C=O) groups excluding carboxylic acids is 3. The lowest BCUT2D eigenvalue weighted by Gasteiger charge is -2.34. The quantitative estimate of drug-likeness (QED) is 0.414. The molecule has 0 aliphatic carbocycles. The average Bonchev–Trinajstić information content (AvgIpc) is 2.35. The van der Waals surface area contributed by atoms with E-state index in [2.05, 4.69) is 16.0 Å². The van der Waals surface area contributed by atoms with E-state index in [0.29, 0.717) is 0 Å². The Morgan fingerprint density at radius 2 is 0.920 bits per heavy atom.